The van der Waals surface area contributed by atoms with Crippen molar-refractivity contribution in [2.45, 2.75) is 12.5 Å². The van der Waals surface area contributed by atoms with Crippen LogP contribution in [0.5, 0.6) is 11.5 Å². The third kappa shape index (κ3) is 3.94. The van der Waals surface area contributed by atoms with Crippen LogP contribution in [0.1, 0.15) is 22.7 Å². The average Bonchev–Trinajstić information content (AvgIpc) is 2.82. The maximum absolute atomic E-state index is 12.7. The molecule has 0 N–H and O–H groups in total. The van der Waals surface area contributed by atoms with E-state index in [9.17, 15) is 4.79 Å². The van der Waals surface area contributed by atoms with Crippen molar-refractivity contribution in [2.24, 2.45) is 0 Å². The van der Waals surface area contributed by atoms with Gasteiger partial charge in [-0.15, -0.1) is 11.6 Å². The summed E-state index contributed by atoms with van der Waals surface area (Å²) in [7, 11) is 3.26. The van der Waals surface area contributed by atoms with Crippen molar-refractivity contribution in [3.05, 3.63) is 53.1 Å². The van der Waals surface area contributed by atoms with Crippen molar-refractivity contribution in [3.63, 3.8) is 0 Å². The normalized spacial score (nSPS) is 18.7. The van der Waals surface area contributed by atoms with E-state index in [1.807, 2.05) is 17.0 Å². The van der Waals surface area contributed by atoms with E-state index >= 15 is 0 Å². The van der Waals surface area contributed by atoms with Crippen LogP contribution in [-0.4, -0.2) is 63.8 Å². The van der Waals surface area contributed by atoms with E-state index in [-0.39, 0.29) is 17.8 Å². The molecule has 2 aliphatic rings. The molecule has 7 heteroatoms. The fraction of sp³-hybridized carbons (Fsp3) is 0.435. The molecule has 0 saturated carbocycles. The first kappa shape index (κ1) is 20.8. The van der Waals surface area contributed by atoms with Gasteiger partial charge < -0.3 is 24.0 Å². The number of morpholine rings is 1. The van der Waals surface area contributed by atoms with Gasteiger partial charge in [0, 0.05) is 25.3 Å². The van der Waals surface area contributed by atoms with Crippen LogP contribution in [0.2, 0.25) is 0 Å². The monoisotopic (exact) mass is 430 g/mol. The summed E-state index contributed by atoms with van der Waals surface area (Å²) >= 11 is 5.94. The predicted molar refractivity (Wildman–Crippen MR) is 117 cm³/mol. The molecule has 1 atom stereocenters. The maximum atomic E-state index is 12.7. The lowest BCUT2D eigenvalue weighted by molar-refractivity contribution is -0.130. The van der Waals surface area contributed by atoms with E-state index in [2.05, 4.69) is 29.2 Å². The summed E-state index contributed by atoms with van der Waals surface area (Å²) in [6.07, 6.45) is 0.751. The SMILES string of the molecule is COc1cc2c(cc1OC)[C@H](c1ccc(N3CCOCC3)cc1)N(C(=O)CCl)CC2. The van der Waals surface area contributed by atoms with E-state index in [4.69, 9.17) is 25.8 Å². The highest BCUT2D eigenvalue weighted by Gasteiger charge is 2.33. The second-order valence-corrected chi connectivity index (χ2v) is 7.74. The van der Waals surface area contributed by atoms with Crippen molar-refractivity contribution in [1.29, 1.82) is 0 Å². The zero-order valence-corrected chi connectivity index (χ0v) is 18.2. The molecule has 2 heterocycles. The van der Waals surface area contributed by atoms with Crippen molar-refractivity contribution in [2.75, 3.05) is 57.8 Å². The Morgan fingerprint density at radius 1 is 1.07 bits per heavy atom. The third-order valence-electron chi connectivity index (χ3n) is 5.89. The summed E-state index contributed by atoms with van der Waals surface area (Å²) in [5.41, 5.74) is 4.43. The largest absolute Gasteiger partial charge is 0.493 e. The average molecular weight is 431 g/mol. The Kier molecular flexibility index (Phi) is 6.35. The lowest BCUT2D eigenvalue weighted by Gasteiger charge is -2.38. The second-order valence-electron chi connectivity index (χ2n) is 7.47. The molecule has 6 nitrogen and oxygen atoms in total. The zero-order chi connectivity index (χ0) is 21.1. The number of carbonyl (C=O) groups excluding carboxylic acids is 1. The van der Waals surface area contributed by atoms with Gasteiger partial charge in [-0.05, 0) is 47.4 Å². The number of nitrogens with zero attached hydrogens (tertiary/aromatic N) is 2. The lowest BCUT2D eigenvalue weighted by atomic mass is 9.87. The van der Waals surface area contributed by atoms with Crippen LogP contribution in [0.15, 0.2) is 36.4 Å². The van der Waals surface area contributed by atoms with E-state index in [0.717, 1.165) is 49.4 Å². The molecule has 160 valence electrons. The molecule has 1 amide bonds. The zero-order valence-electron chi connectivity index (χ0n) is 17.4. The molecule has 0 bridgehead atoms. The van der Waals surface area contributed by atoms with Crippen LogP contribution >= 0.6 is 11.6 Å². The maximum Gasteiger partial charge on any atom is 0.238 e. The molecule has 1 fully saturated rings. The number of carbonyl (C=O) groups is 1. The highest BCUT2D eigenvalue weighted by Crippen LogP contribution is 2.41. The Morgan fingerprint density at radius 2 is 1.73 bits per heavy atom. The fourth-order valence-electron chi connectivity index (χ4n) is 4.34. The number of amides is 1. The van der Waals surface area contributed by atoms with Crippen molar-refractivity contribution in [3.8, 4) is 11.5 Å². The second kappa shape index (κ2) is 9.14. The first-order chi connectivity index (χ1) is 14.7. The van der Waals surface area contributed by atoms with Gasteiger partial charge in [-0.1, -0.05) is 12.1 Å². The summed E-state index contributed by atoms with van der Waals surface area (Å²) < 4.78 is 16.5. The van der Waals surface area contributed by atoms with Gasteiger partial charge >= 0.3 is 0 Å². The summed E-state index contributed by atoms with van der Waals surface area (Å²) in [6, 6.07) is 12.3. The van der Waals surface area contributed by atoms with Crippen LogP contribution < -0.4 is 14.4 Å². The van der Waals surface area contributed by atoms with Crippen LogP contribution in [0.25, 0.3) is 0 Å². The van der Waals surface area contributed by atoms with Gasteiger partial charge in [-0.25, -0.2) is 0 Å². The Hall–Kier alpha value is -2.44. The van der Waals surface area contributed by atoms with E-state index < -0.39 is 0 Å². The van der Waals surface area contributed by atoms with E-state index in [1.54, 1.807) is 14.2 Å². The minimum absolute atomic E-state index is 0.0367. The Bertz CT molecular complexity index is 897. The Morgan fingerprint density at radius 3 is 2.37 bits per heavy atom. The van der Waals surface area contributed by atoms with Crippen LogP contribution in [0, 0.1) is 0 Å². The highest BCUT2D eigenvalue weighted by atomic mass is 35.5. The molecule has 1 saturated heterocycles. The third-order valence-corrected chi connectivity index (χ3v) is 6.12. The number of methoxy groups -OCH3 is 2. The first-order valence-electron chi connectivity index (χ1n) is 10.2. The van der Waals surface area contributed by atoms with Crippen molar-refractivity contribution < 1.29 is 19.0 Å². The molecule has 0 spiro atoms. The predicted octanol–water partition coefficient (Wildman–Crippen LogP) is 3.25. The number of ether oxygens (including phenoxy) is 3. The number of fused-ring (bicyclic) bond motifs is 1. The molecule has 0 aliphatic carbocycles. The summed E-state index contributed by atoms with van der Waals surface area (Å²) in [4.78, 5) is 16.9. The minimum atomic E-state index is -0.210. The van der Waals surface area contributed by atoms with E-state index in [1.165, 1.54) is 5.69 Å². The quantitative estimate of drug-likeness (QED) is 0.681. The van der Waals surface area contributed by atoms with Crippen molar-refractivity contribution in [1.82, 2.24) is 4.90 Å². The molecular formula is C23H27ClN2O4. The number of hydrogen-bond acceptors (Lipinski definition) is 5. The van der Waals surface area contributed by atoms with Crippen LogP contribution in [0.3, 0.4) is 0 Å². The number of alkyl halides is 1. The van der Waals surface area contributed by atoms with Gasteiger partial charge in [0.15, 0.2) is 11.5 Å². The summed E-state index contributed by atoms with van der Waals surface area (Å²) in [5.74, 6) is 1.26. The smallest absolute Gasteiger partial charge is 0.238 e. The molecule has 4 rings (SSSR count). The topological polar surface area (TPSA) is 51.2 Å². The molecule has 0 aromatic heterocycles. The molecule has 0 radical (unpaired) electrons. The summed E-state index contributed by atoms with van der Waals surface area (Å²) in [6.45, 7) is 3.89. The van der Waals surface area contributed by atoms with Gasteiger partial charge in [0.1, 0.15) is 5.88 Å². The first-order valence-corrected chi connectivity index (χ1v) is 10.7. The molecule has 2 aromatic rings. The van der Waals surface area contributed by atoms with Gasteiger partial charge in [0.25, 0.3) is 0 Å². The number of rotatable bonds is 5. The number of hydrogen-bond donors (Lipinski definition) is 0. The highest BCUT2D eigenvalue weighted by molar-refractivity contribution is 6.27. The van der Waals surface area contributed by atoms with Gasteiger partial charge in [-0.3, -0.25) is 4.79 Å². The van der Waals surface area contributed by atoms with Gasteiger partial charge in [-0.2, -0.15) is 0 Å². The standard InChI is InChI=1S/C23H27ClN2O4/c1-28-20-13-17-7-8-26(22(27)15-24)23(19(17)14-21(20)29-2)16-3-5-18(6-4-16)25-9-11-30-12-10-25/h3-6,13-14,23H,7-12,15H2,1-2H3/t23-/m0/s1. The van der Waals surface area contributed by atoms with E-state index in [0.29, 0.717) is 18.0 Å². The fourth-order valence-corrected chi connectivity index (χ4v) is 4.49. The minimum Gasteiger partial charge on any atom is -0.493 e. The van der Waals surface area contributed by atoms with Crippen molar-refractivity contribution >= 4 is 23.2 Å². The van der Waals surface area contributed by atoms with Crippen LogP contribution in [-0.2, 0) is 16.0 Å². The Labute approximate surface area is 182 Å². The summed E-state index contributed by atoms with van der Waals surface area (Å²) in [5, 5.41) is 0. The molecular weight excluding hydrogens is 404 g/mol. The van der Waals surface area contributed by atoms with Crippen LogP contribution in [0.4, 0.5) is 5.69 Å². The lowest BCUT2D eigenvalue weighted by Crippen LogP contribution is -2.41. The number of anilines is 1. The molecule has 2 aromatic carbocycles. The molecule has 2 aliphatic heterocycles. The number of benzene rings is 2. The molecule has 30 heavy (non-hydrogen) atoms. The molecule has 0 unspecified atom stereocenters. The number of halogens is 1. The van der Waals surface area contributed by atoms with Gasteiger partial charge in [0.05, 0.1) is 33.5 Å². The Balaban J connectivity index is 1.73. The van der Waals surface area contributed by atoms with Gasteiger partial charge in [0.2, 0.25) is 5.91 Å².